The van der Waals surface area contributed by atoms with Crippen LogP contribution in [0.2, 0.25) is 0 Å². The average molecular weight is 291 g/mol. The molecule has 0 radical (unpaired) electrons. The van der Waals surface area contributed by atoms with E-state index in [1.165, 1.54) is 13.0 Å². The lowest BCUT2D eigenvalue weighted by Crippen LogP contribution is -2.46. The fourth-order valence-corrected chi connectivity index (χ4v) is 2.48. The quantitative estimate of drug-likeness (QED) is 0.897. The second-order valence-corrected chi connectivity index (χ2v) is 6.80. The van der Waals surface area contributed by atoms with Crippen LogP contribution in [0.1, 0.15) is 39.8 Å². The Balaban J connectivity index is 1.85. The molecular formula is C16H29N5. The highest BCUT2D eigenvalue weighted by molar-refractivity contribution is 5.36. The molecule has 2 rings (SSSR count). The van der Waals surface area contributed by atoms with Crippen LogP contribution in [0.5, 0.6) is 0 Å². The van der Waals surface area contributed by atoms with Gasteiger partial charge in [0.25, 0.3) is 0 Å². The molecule has 1 aromatic heterocycles. The molecule has 1 N–H and O–H groups in total. The van der Waals surface area contributed by atoms with Gasteiger partial charge in [-0.25, -0.2) is 4.98 Å². The van der Waals surface area contributed by atoms with Crippen molar-refractivity contribution in [3.63, 3.8) is 0 Å². The first-order chi connectivity index (χ1) is 9.98. The van der Waals surface area contributed by atoms with Gasteiger partial charge < -0.3 is 10.2 Å². The van der Waals surface area contributed by atoms with Gasteiger partial charge in [0, 0.05) is 38.3 Å². The van der Waals surface area contributed by atoms with Gasteiger partial charge in [0.2, 0.25) is 0 Å². The fraction of sp³-hybridized carbons (Fsp3) is 0.750. The van der Waals surface area contributed by atoms with Gasteiger partial charge >= 0.3 is 0 Å². The van der Waals surface area contributed by atoms with Crippen LogP contribution in [-0.2, 0) is 6.54 Å². The lowest BCUT2D eigenvalue weighted by atomic mass is 10.1. The topological polar surface area (TPSA) is 44.3 Å². The van der Waals surface area contributed by atoms with Crippen LogP contribution >= 0.6 is 0 Å². The molecule has 2 heterocycles. The van der Waals surface area contributed by atoms with Crippen molar-refractivity contribution < 1.29 is 0 Å². The van der Waals surface area contributed by atoms with E-state index in [0.717, 1.165) is 44.2 Å². The highest BCUT2D eigenvalue weighted by Gasteiger charge is 2.17. The molecule has 1 aromatic rings. The van der Waals surface area contributed by atoms with Crippen LogP contribution < -0.4 is 10.2 Å². The minimum absolute atomic E-state index is 0.107. The Labute approximate surface area is 128 Å². The van der Waals surface area contributed by atoms with E-state index in [9.17, 15) is 0 Å². The van der Waals surface area contributed by atoms with E-state index in [1.54, 1.807) is 0 Å². The van der Waals surface area contributed by atoms with Gasteiger partial charge in [0.05, 0.1) is 18.1 Å². The molecule has 0 aliphatic carbocycles. The SMILES string of the molecule is CCCN1CCN(c2cnc(CNC(C)(C)C)cn2)CC1. The van der Waals surface area contributed by atoms with Crippen molar-refractivity contribution in [3.05, 3.63) is 18.1 Å². The second-order valence-electron chi connectivity index (χ2n) is 6.80. The van der Waals surface area contributed by atoms with Crippen molar-refractivity contribution in [2.75, 3.05) is 37.6 Å². The Kier molecular flexibility index (Phi) is 5.53. The number of aromatic nitrogens is 2. The number of hydrogen-bond donors (Lipinski definition) is 1. The van der Waals surface area contributed by atoms with Gasteiger partial charge in [-0.05, 0) is 33.7 Å². The molecule has 0 amide bonds. The lowest BCUT2D eigenvalue weighted by molar-refractivity contribution is 0.258. The summed E-state index contributed by atoms with van der Waals surface area (Å²) in [6, 6.07) is 0. The third kappa shape index (κ3) is 5.25. The number of nitrogens with one attached hydrogen (secondary N) is 1. The Morgan fingerprint density at radius 1 is 1.10 bits per heavy atom. The van der Waals surface area contributed by atoms with E-state index in [4.69, 9.17) is 0 Å². The summed E-state index contributed by atoms with van der Waals surface area (Å²) in [7, 11) is 0. The van der Waals surface area contributed by atoms with Crippen molar-refractivity contribution >= 4 is 5.82 Å². The Bertz CT molecular complexity index is 415. The molecule has 1 fully saturated rings. The molecule has 5 heteroatoms. The van der Waals surface area contributed by atoms with E-state index < -0.39 is 0 Å². The number of nitrogens with zero attached hydrogens (tertiary/aromatic N) is 4. The van der Waals surface area contributed by atoms with E-state index >= 15 is 0 Å². The van der Waals surface area contributed by atoms with Crippen molar-refractivity contribution in [1.82, 2.24) is 20.2 Å². The molecule has 21 heavy (non-hydrogen) atoms. The molecule has 0 saturated carbocycles. The molecule has 0 aromatic carbocycles. The van der Waals surface area contributed by atoms with Gasteiger partial charge in [-0.3, -0.25) is 9.88 Å². The summed E-state index contributed by atoms with van der Waals surface area (Å²) in [5, 5.41) is 3.43. The van der Waals surface area contributed by atoms with E-state index in [0.29, 0.717) is 0 Å². The summed E-state index contributed by atoms with van der Waals surface area (Å²) in [6.07, 6.45) is 5.04. The monoisotopic (exact) mass is 291 g/mol. The van der Waals surface area contributed by atoms with Crippen LogP contribution in [0.3, 0.4) is 0 Å². The van der Waals surface area contributed by atoms with E-state index in [1.807, 2.05) is 12.4 Å². The Morgan fingerprint density at radius 2 is 1.81 bits per heavy atom. The maximum absolute atomic E-state index is 4.58. The first kappa shape index (κ1) is 16.2. The minimum Gasteiger partial charge on any atom is -0.353 e. The normalized spacial score (nSPS) is 17.2. The molecule has 1 aliphatic rings. The predicted octanol–water partition coefficient (Wildman–Crippen LogP) is 1.90. The maximum atomic E-state index is 4.58. The number of hydrogen-bond acceptors (Lipinski definition) is 5. The summed E-state index contributed by atoms with van der Waals surface area (Å²) < 4.78 is 0. The molecule has 1 aliphatic heterocycles. The van der Waals surface area contributed by atoms with Gasteiger partial charge in [0.1, 0.15) is 5.82 Å². The first-order valence-corrected chi connectivity index (χ1v) is 8.01. The molecule has 0 bridgehead atoms. The summed E-state index contributed by atoms with van der Waals surface area (Å²) in [4.78, 5) is 14.0. The average Bonchev–Trinajstić information content (AvgIpc) is 2.46. The minimum atomic E-state index is 0.107. The summed E-state index contributed by atoms with van der Waals surface area (Å²) in [5.74, 6) is 1.01. The number of rotatable bonds is 5. The summed E-state index contributed by atoms with van der Waals surface area (Å²) >= 11 is 0. The van der Waals surface area contributed by atoms with Crippen LogP contribution in [0, 0.1) is 0 Å². The van der Waals surface area contributed by atoms with Crippen molar-refractivity contribution in [2.45, 2.75) is 46.2 Å². The molecule has 5 nitrogen and oxygen atoms in total. The van der Waals surface area contributed by atoms with Crippen LogP contribution in [0.4, 0.5) is 5.82 Å². The smallest absolute Gasteiger partial charge is 0.147 e. The zero-order valence-corrected chi connectivity index (χ0v) is 13.9. The van der Waals surface area contributed by atoms with Gasteiger partial charge in [0.15, 0.2) is 0 Å². The van der Waals surface area contributed by atoms with Gasteiger partial charge in [-0.15, -0.1) is 0 Å². The number of piperazine rings is 1. The third-order valence-corrected chi connectivity index (χ3v) is 3.73. The Hall–Kier alpha value is -1.20. The lowest BCUT2D eigenvalue weighted by Gasteiger charge is -2.35. The van der Waals surface area contributed by atoms with Crippen LogP contribution in [0.15, 0.2) is 12.4 Å². The van der Waals surface area contributed by atoms with E-state index in [2.05, 4.69) is 52.8 Å². The molecule has 0 unspecified atom stereocenters. The fourth-order valence-electron chi connectivity index (χ4n) is 2.48. The highest BCUT2D eigenvalue weighted by Crippen LogP contribution is 2.13. The van der Waals surface area contributed by atoms with Crippen LogP contribution in [0.25, 0.3) is 0 Å². The standard InChI is InChI=1S/C16H29N5/c1-5-6-20-7-9-21(10-8-20)15-13-17-14(11-18-15)12-19-16(2,3)4/h11,13,19H,5-10,12H2,1-4H3. The summed E-state index contributed by atoms with van der Waals surface area (Å²) in [6.45, 7) is 15.0. The highest BCUT2D eigenvalue weighted by atomic mass is 15.3. The largest absolute Gasteiger partial charge is 0.353 e. The van der Waals surface area contributed by atoms with Gasteiger partial charge in [-0.1, -0.05) is 6.92 Å². The zero-order valence-electron chi connectivity index (χ0n) is 13.9. The first-order valence-electron chi connectivity index (χ1n) is 8.01. The molecule has 0 atom stereocenters. The maximum Gasteiger partial charge on any atom is 0.147 e. The molecular weight excluding hydrogens is 262 g/mol. The van der Waals surface area contributed by atoms with Crippen molar-refractivity contribution in [3.8, 4) is 0 Å². The van der Waals surface area contributed by atoms with E-state index in [-0.39, 0.29) is 5.54 Å². The van der Waals surface area contributed by atoms with Gasteiger partial charge in [-0.2, -0.15) is 0 Å². The van der Waals surface area contributed by atoms with Crippen molar-refractivity contribution in [1.29, 1.82) is 0 Å². The Morgan fingerprint density at radius 3 is 2.33 bits per heavy atom. The molecule has 0 spiro atoms. The molecule has 118 valence electrons. The second kappa shape index (κ2) is 7.18. The molecule has 1 saturated heterocycles. The number of anilines is 1. The van der Waals surface area contributed by atoms with Crippen LogP contribution in [-0.4, -0.2) is 53.1 Å². The third-order valence-electron chi connectivity index (χ3n) is 3.73. The van der Waals surface area contributed by atoms with Crippen molar-refractivity contribution in [2.24, 2.45) is 0 Å². The summed E-state index contributed by atoms with van der Waals surface area (Å²) in [5.41, 5.74) is 1.11. The zero-order chi connectivity index (χ0) is 15.3. The predicted molar refractivity (Wildman–Crippen MR) is 87.6 cm³/mol.